The van der Waals surface area contributed by atoms with Crippen molar-refractivity contribution in [1.82, 2.24) is 5.32 Å². The lowest BCUT2D eigenvalue weighted by molar-refractivity contribution is -0.160. The zero-order valence-electron chi connectivity index (χ0n) is 21.0. The summed E-state index contributed by atoms with van der Waals surface area (Å²) in [6.45, 7) is 5.90. The fourth-order valence-electron chi connectivity index (χ4n) is 7.77. The van der Waals surface area contributed by atoms with Crippen LogP contribution in [-0.4, -0.2) is 52.1 Å². The van der Waals surface area contributed by atoms with Crippen molar-refractivity contribution in [3.05, 3.63) is 11.6 Å². The third-order valence-corrected chi connectivity index (χ3v) is 9.77. The molecule has 8 atom stereocenters. The number of rotatable bonds is 7. The number of ether oxygens (including phenoxy) is 1. The summed E-state index contributed by atoms with van der Waals surface area (Å²) in [4.78, 5) is 47.9. The van der Waals surface area contributed by atoms with Crippen LogP contribution in [0.25, 0.3) is 0 Å². The normalized spacial score (nSPS) is 37.7. The Kier molecular flexibility index (Phi) is 7.15. The number of aliphatic carboxylic acids is 1. The smallest absolute Gasteiger partial charge is 0.328 e. The van der Waals surface area contributed by atoms with Gasteiger partial charge in [0.05, 0.1) is 12.5 Å². The number of hydrogen-bond acceptors (Lipinski definition) is 6. The molecule has 8 nitrogen and oxygen atoms in total. The molecule has 0 bridgehead atoms. The first-order chi connectivity index (χ1) is 16.5. The first-order valence-corrected chi connectivity index (χ1v) is 13.1. The molecule has 0 spiro atoms. The van der Waals surface area contributed by atoms with E-state index in [1.54, 1.807) is 0 Å². The van der Waals surface area contributed by atoms with Crippen molar-refractivity contribution in [3.8, 4) is 0 Å². The third kappa shape index (κ3) is 4.78. The first kappa shape index (κ1) is 25.9. The molecule has 8 heteroatoms. The molecule has 0 radical (unpaired) electrons. The fraction of sp³-hybridized carbons (Fsp3) is 0.778. The molecule has 3 saturated carbocycles. The number of carbonyl (C=O) groups excluding carboxylic acids is 3. The van der Waals surface area contributed by atoms with Crippen LogP contribution in [0.5, 0.6) is 0 Å². The van der Waals surface area contributed by atoms with Crippen molar-refractivity contribution in [2.24, 2.45) is 28.6 Å². The number of amides is 1. The van der Waals surface area contributed by atoms with Crippen LogP contribution in [0, 0.1) is 28.6 Å². The Bertz CT molecular complexity index is 926. The van der Waals surface area contributed by atoms with Crippen LogP contribution >= 0.6 is 0 Å². The number of fused-ring (bicyclic) bond motifs is 5. The number of esters is 1. The minimum atomic E-state index is -1.40. The number of carboxylic acids is 1. The molecular formula is C27H39NO7. The highest BCUT2D eigenvalue weighted by Crippen LogP contribution is 2.65. The van der Waals surface area contributed by atoms with Gasteiger partial charge in [0, 0.05) is 18.3 Å². The highest BCUT2D eigenvalue weighted by Gasteiger charge is 2.59. The fourth-order valence-corrected chi connectivity index (χ4v) is 7.77. The topological polar surface area (TPSA) is 130 Å². The van der Waals surface area contributed by atoms with Crippen molar-refractivity contribution in [2.75, 3.05) is 0 Å². The second kappa shape index (κ2) is 9.68. The standard InChI is InChI=1S/C27H39NO7/c1-15(29)24(25(33)34)28-22(31)8-9-23(32)35-21-7-6-19-18-5-4-16-14-17(30)10-12-26(16,2)20(18)11-13-27(19,21)3/h14-15,18-21,24,29H,4-13H2,1-3H3,(H,28,31)(H,33,34)/t15-,18-,19-,20-,21+,24+,26-,27-/m0/s1. The van der Waals surface area contributed by atoms with E-state index in [9.17, 15) is 24.3 Å². The average molecular weight is 490 g/mol. The molecule has 4 aliphatic rings. The first-order valence-electron chi connectivity index (χ1n) is 13.1. The Morgan fingerprint density at radius 2 is 1.83 bits per heavy atom. The quantitative estimate of drug-likeness (QED) is 0.468. The van der Waals surface area contributed by atoms with Crippen LogP contribution in [0.15, 0.2) is 11.6 Å². The summed E-state index contributed by atoms with van der Waals surface area (Å²) in [5, 5.41) is 20.8. The molecule has 0 aliphatic heterocycles. The van der Waals surface area contributed by atoms with Crippen LogP contribution in [0.3, 0.4) is 0 Å². The van der Waals surface area contributed by atoms with Crippen molar-refractivity contribution in [2.45, 2.75) is 103 Å². The number of nitrogens with one attached hydrogen (secondary N) is 1. The maximum Gasteiger partial charge on any atom is 0.328 e. The molecule has 1 amide bonds. The van der Waals surface area contributed by atoms with E-state index in [2.05, 4.69) is 19.2 Å². The molecule has 3 N–H and O–H groups in total. The number of aliphatic hydroxyl groups is 1. The summed E-state index contributed by atoms with van der Waals surface area (Å²) in [6, 6.07) is -1.40. The van der Waals surface area contributed by atoms with Crippen LogP contribution in [0.2, 0.25) is 0 Å². The second-order valence-corrected chi connectivity index (χ2v) is 11.7. The van der Waals surface area contributed by atoms with E-state index in [0.29, 0.717) is 24.2 Å². The Hall–Kier alpha value is -2.22. The van der Waals surface area contributed by atoms with E-state index < -0.39 is 30.0 Å². The van der Waals surface area contributed by atoms with Gasteiger partial charge in [-0.1, -0.05) is 19.4 Å². The van der Waals surface area contributed by atoms with Gasteiger partial charge in [-0.2, -0.15) is 0 Å². The van der Waals surface area contributed by atoms with Gasteiger partial charge >= 0.3 is 11.9 Å². The summed E-state index contributed by atoms with van der Waals surface area (Å²) in [6.07, 6.45) is 7.78. The monoisotopic (exact) mass is 489 g/mol. The molecule has 0 aromatic rings. The molecule has 35 heavy (non-hydrogen) atoms. The maximum atomic E-state index is 12.6. The molecule has 0 heterocycles. The molecule has 0 aromatic heterocycles. The van der Waals surface area contributed by atoms with Gasteiger partial charge < -0.3 is 20.3 Å². The number of ketones is 1. The highest BCUT2D eigenvalue weighted by molar-refractivity contribution is 5.91. The van der Waals surface area contributed by atoms with Gasteiger partial charge in [0.25, 0.3) is 0 Å². The summed E-state index contributed by atoms with van der Waals surface area (Å²) < 4.78 is 5.92. The van der Waals surface area contributed by atoms with Gasteiger partial charge in [-0.25, -0.2) is 4.79 Å². The minimum Gasteiger partial charge on any atom is -0.480 e. The Balaban J connectivity index is 1.35. The van der Waals surface area contributed by atoms with Crippen LogP contribution in [0.1, 0.15) is 85.0 Å². The summed E-state index contributed by atoms with van der Waals surface area (Å²) in [5.41, 5.74) is 1.38. The number of allylic oxidation sites excluding steroid dienone is 1. The van der Waals surface area contributed by atoms with Crippen molar-refractivity contribution < 1.29 is 34.1 Å². The molecule has 4 aliphatic carbocycles. The summed E-state index contributed by atoms with van der Waals surface area (Å²) in [7, 11) is 0. The lowest BCUT2D eigenvalue weighted by Crippen LogP contribution is -2.51. The number of carboxylic acid groups (broad SMARTS) is 1. The number of hydrogen-bond donors (Lipinski definition) is 3. The molecule has 0 aromatic carbocycles. The largest absolute Gasteiger partial charge is 0.480 e. The van der Waals surface area contributed by atoms with E-state index >= 15 is 0 Å². The van der Waals surface area contributed by atoms with E-state index in [-0.39, 0.29) is 35.6 Å². The average Bonchev–Trinajstić information content (AvgIpc) is 3.12. The van der Waals surface area contributed by atoms with Crippen LogP contribution in [-0.2, 0) is 23.9 Å². The molecular weight excluding hydrogens is 450 g/mol. The second-order valence-electron chi connectivity index (χ2n) is 11.7. The molecule has 194 valence electrons. The Morgan fingerprint density at radius 1 is 1.09 bits per heavy atom. The molecule has 3 fully saturated rings. The van der Waals surface area contributed by atoms with Crippen LogP contribution < -0.4 is 5.32 Å². The lowest BCUT2D eigenvalue weighted by atomic mass is 9.47. The zero-order valence-corrected chi connectivity index (χ0v) is 21.0. The minimum absolute atomic E-state index is 0.0815. The predicted octanol–water partition coefficient (Wildman–Crippen LogP) is 3.16. The number of carbonyl (C=O) groups is 4. The van der Waals surface area contributed by atoms with Crippen molar-refractivity contribution in [1.29, 1.82) is 0 Å². The molecule has 0 saturated heterocycles. The molecule has 0 unspecified atom stereocenters. The van der Waals surface area contributed by atoms with Gasteiger partial charge in [0.2, 0.25) is 5.91 Å². The van der Waals surface area contributed by atoms with Gasteiger partial charge in [-0.15, -0.1) is 0 Å². The molecule has 4 rings (SSSR count). The van der Waals surface area contributed by atoms with E-state index in [4.69, 9.17) is 9.84 Å². The third-order valence-electron chi connectivity index (χ3n) is 9.77. The van der Waals surface area contributed by atoms with Crippen molar-refractivity contribution in [3.63, 3.8) is 0 Å². The van der Waals surface area contributed by atoms with Gasteiger partial charge in [0.15, 0.2) is 11.8 Å². The van der Waals surface area contributed by atoms with Gasteiger partial charge in [-0.05, 0) is 81.1 Å². The Morgan fingerprint density at radius 3 is 2.51 bits per heavy atom. The summed E-state index contributed by atoms with van der Waals surface area (Å²) in [5.74, 6) is -0.463. The predicted molar refractivity (Wildman–Crippen MR) is 127 cm³/mol. The SMILES string of the molecule is C[C@H](O)[C@@H](NC(=O)CCC(=O)O[C@@H]1CC[C@H]2[C@@H]3CCC4=CC(=O)CC[C@]4(C)[C@H]3CC[C@]12C)C(=O)O. The van der Waals surface area contributed by atoms with Crippen molar-refractivity contribution >= 4 is 23.6 Å². The maximum absolute atomic E-state index is 12.6. The summed E-state index contributed by atoms with van der Waals surface area (Å²) >= 11 is 0. The lowest BCUT2D eigenvalue weighted by Gasteiger charge is -2.57. The zero-order chi connectivity index (χ0) is 25.5. The highest BCUT2D eigenvalue weighted by atomic mass is 16.5. The van der Waals surface area contributed by atoms with Gasteiger partial charge in [-0.3, -0.25) is 14.4 Å². The Labute approximate surface area is 206 Å². The van der Waals surface area contributed by atoms with E-state index in [1.807, 2.05) is 6.08 Å². The number of aliphatic hydroxyl groups excluding tert-OH is 1. The van der Waals surface area contributed by atoms with Gasteiger partial charge in [0.1, 0.15) is 6.10 Å². The van der Waals surface area contributed by atoms with E-state index in [1.165, 1.54) is 12.5 Å². The van der Waals surface area contributed by atoms with E-state index in [0.717, 1.165) is 44.9 Å². The van der Waals surface area contributed by atoms with Crippen LogP contribution in [0.4, 0.5) is 0 Å².